The number of alkyl halides is 3. The molecule has 98 valence electrons. The molecule has 1 aliphatic heterocycles. The van der Waals surface area contributed by atoms with Crippen molar-refractivity contribution in [1.29, 1.82) is 0 Å². The van der Waals surface area contributed by atoms with Crippen molar-refractivity contribution in [3.05, 3.63) is 35.4 Å². The summed E-state index contributed by atoms with van der Waals surface area (Å²) in [5.74, 6) is -1.26. The fourth-order valence-electron chi connectivity index (χ4n) is 2.15. The Morgan fingerprint density at radius 2 is 2.06 bits per heavy atom. The predicted molar refractivity (Wildman–Crippen MR) is 57.8 cm³/mol. The van der Waals surface area contributed by atoms with Gasteiger partial charge in [0.1, 0.15) is 0 Å². The number of carbonyl (C=O) groups excluding carboxylic acids is 1. The Balaban J connectivity index is 2.37. The third kappa shape index (κ3) is 2.20. The summed E-state index contributed by atoms with van der Waals surface area (Å²) in [5.41, 5.74) is -0.610. The Morgan fingerprint density at radius 1 is 1.39 bits per heavy atom. The minimum absolute atomic E-state index is 0.139. The lowest BCUT2D eigenvalue weighted by Gasteiger charge is -2.14. The number of halogens is 3. The lowest BCUT2D eigenvalue weighted by atomic mass is 9.94. The number of nitrogens with zero attached hydrogens (tertiary/aromatic N) is 1. The molecule has 2 atom stereocenters. The first-order valence-corrected chi connectivity index (χ1v) is 5.41. The van der Waals surface area contributed by atoms with E-state index >= 15 is 0 Å². The maximum absolute atomic E-state index is 12.6. The molecule has 6 heteroatoms. The molecule has 1 saturated heterocycles. The van der Waals surface area contributed by atoms with Crippen molar-refractivity contribution in [3.63, 3.8) is 0 Å². The number of likely N-dealkylation sites (tertiary alicyclic amines) is 1. The van der Waals surface area contributed by atoms with Crippen LogP contribution >= 0.6 is 0 Å². The SMILES string of the molecule is CN1CC(O)C(c2cccc(C(F)(F)F)c2)C1=O. The molecule has 1 amide bonds. The molecule has 3 nitrogen and oxygen atoms in total. The average molecular weight is 259 g/mol. The summed E-state index contributed by atoms with van der Waals surface area (Å²) in [7, 11) is 1.51. The Labute approximate surface area is 102 Å². The zero-order chi connectivity index (χ0) is 13.5. The summed E-state index contributed by atoms with van der Waals surface area (Å²) >= 11 is 0. The maximum atomic E-state index is 12.6. The summed E-state index contributed by atoms with van der Waals surface area (Å²) in [5, 5.41) is 9.73. The van der Waals surface area contributed by atoms with E-state index in [1.807, 2.05) is 0 Å². The van der Waals surface area contributed by atoms with Gasteiger partial charge in [-0.15, -0.1) is 0 Å². The van der Waals surface area contributed by atoms with Crippen molar-refractivity contribution in [2.75, 3.05) is 13.6 Å². The topological polar surface area (TPSA) is 40.5 Å². The Bertz CT molecular complexity index is 473. The van der Waals surface area contributed by atoms with Gasteiger partial charge in [0.2, 0.25) is 5.91 Å². The van der Waals surface area contributed by atoms with Crippen LogP contribution in [0.4, 0.5) is 13.2 Å². The minimum Gasteiger partial charge on any atom is -0.390 e. The molecule has 18 heavy (non-hydrogen) atoms. The summed E-state index contributed by atoms with van der Waals surface area (Å²) in [6.45, 7) is 0.139. The smallest absolute Gasteiger partial charge is 0.390 e. The van der Waals surface area contributed by atoms with Gasteiger partial charge in [-0.05, 0) is 11.6 Å². The first kappa shape index (κ1) is 12.9. The third-order valence-electron chi connectivity index (χ3n) is 3.06. The van der Waals surface area contributed by atoms with Crippen molar-refractivity contribution in [2.45, 2.75) is 18.2 Å². The number of amides is 1. The Hall–Kier alpha value is -1.56. The van der Waals surface area contributed by atoms with Crippen LogP contribution < -0.4 is 0 Å². The molecule has 0 radical (unpaired) electrons. The van der Waals surface area contributed by atoms with Gasteiger partial charge >= 0.3 is 6.18 Å². The van der Waals surface area contributed by atoms with Crippen LogP contribution in [0.2, 0.25) is 0 Å². The van der Waals surface area contributed by atoms with Gasteiger partial charge in [0.15, 0.2) is 0 Å². The van der Waals surface area contributed by atoms with Crippen LogP contribution in [0.3, 0.4) is 0 Å². The van der Waals surface area contributed by atoms with Gasteiger partial charge in [-0.2, -0.15) is 13.2 Å². The van der Waals surface area contributed by atoms with Crippen molar-refractivity contribution < 1.29 is 23.1 Å². The van der Waals surface area contributed by atoms with Gasteiger partial charge in [-0.3, -0.25) is 4.79 Å². The van der Waals surface area contributed by atoms with Crippen molar-refractivity contribution in [3.8, 4) is 0 Å². The molecular formula is C12H12F3NO2. The summed E-state index contributed by atoms with van der Waals surface area (Å²) in [6, 6.07) is 4.54. The molecule has 1 aromatic carbocycles. The van der Waals surface area contributed by atoms with E-state index in [0.29, 0.717) is 0 Å². The molecule has 1 fully saturated rings. The number of β-amino-alcohol motifs (C(OH)–C–C–N with tert-alkyl or cyclic N) is 1. The first-order chi connectivity index (χ1) is 8.30. The zero-order valence-corrected chi connectivity index (χ0v) is 9.61. The molecule has 0 bridgehead atoms. The second kappa shape index (κ2) is 4.28. The standard InChI is InChI=1S/C12H12F3NO2/c1-16-6-9(17)10(11(16)18)7-3-2-4-8(5-7)12(13,14)15/h2-5,9-10,17H,6H2,1H3. The van der Waals surface area contributed by atoms with Crippen molar-refractivity contribution >= 4 is 5.91 Å². The highest BCUT2D eigenvalue weighted by Crippen LogP contribution is 2.34. The van der Waals surface area contributed by atoms with E-state index in [0.717, 1.165) is 12.1 Å². The minimum atomic E-state index is -4.45. The number of hydrogen-bond acceptors (Lipinski definition) is 2. The molecular weight excluding hydrogens is 247 g/mol. The van der Waals surface area contributed by atoms with Crippen LogP contribution in [-0.2, 0) is 11.0 Å². The van der Waals surface area contributed by atoms with E-state index in [4.69, 9.17) is 0 Å². The quantitative estimate of drug-likeness (QED) is 0.832. The summed E-state index contributed by atoms with van der Waals surface area (Å²) < 4.78 is 37.7. The monoisotopic (exact) mass is 259 g/mol. The van der Waals surface area contributed by atoms with Gasteiger partial charge < -0.3 is 10.0 Å². The number of benzene rings is 1. The first-order valence-electron chi connectivity index (χ1n) is 5.41. The second-order valence-corrected chi connectivity index (χ2v) is 4.39. The highest BCUT2D eigenvalue weighted by Gasteiger charge is 2.39. The molecule has 0 aromatic heterocycles. The predicted octanol–water partition coefficient (Wildman–Crippen LogP) is 1.62. The average Bonchev–Trinajstić information content (AvgIpc) is 2.52. The number of aliphatic hydroxyl groups excluding tert-OH is 1. The van der Waals surface area contributed by atoms with Gasteiger partial charge in [-0.25, -0.2) is 0 Å². The van der Waals surface area contributed by atoms with E-state index in [1.165, 1.54) is 24.1 Å². The number of likely N-dealkylation sites (N-methyl/N-ethyl adjacent to an activating group) is 1. The van der Waals surface area contributed by atoms with E-state index in [-0.39, 0.29) is 18.0 Å². The summed E-state index contributed by atoms with van der Waals surface area (Å²) in [6.07, 6.45) is -5.42. The van der Waals surface area contributed by atoms with E-state index in [9.17, 15) is 23.1 Å². The number of aliphatic hydroxyl groups is 1. The van der Waals surface area contributed by atoms with Crippen LogP contribution in [-0.4, -0.2) is 35.6 Å². The van der Waals surface area contributed by atoms with Gasteiger partial charge in [0, 0.05) is 13.6 Å². The lowest BCUT2D eigenvalue weighted by Crippen LogP contribution is -2.22. The molecule has 0 aliphatic carbocycles. The van der Waals surface area contributed by atoms with Crippen molar-refractivity contribution in [2.24, 2.45) is 0 Å². The molecule has 0 saturated carbocycles. The highest BCUT2D eigenvalue weighted by atomic mass is 19.4. The van der Waals surface area contributed by atoms with Crippen LogP contribution in [0.1, 0.15) is 17.0 Å². The molecule has 1 heterocycles. The van der Waals surface area contributed by atoms with Crippen LogP contribution in [0, 0.1) is 0 Å². The van der Waals surface area contributed by atoms with Crippen LogP contribution in [0.15, 0.2) is 24.3 Å². The molecule has 0 spiro atoms. The van der Waals surface area contributed by atoms with Gasteiger partial charge in [0.25, 0.3) is 0 Å². The molecule has 2 rings (SSSR count). The molecule has 1 aromatic rings. The van der Waals surface area contributed by atoms with E-state index in [1.54, 1.807) is 0 Å². The molecule has 1 aliphatic rings. The van der Waals surface area contributed by atoms with Crippen molar-refractivity contribution in [1.82, 2.24) is 4.90 Å². The molecule has 1 N–H and O–H groups in total. The fourth-order valence-corrected chi connectivity index (χ4v) is 2.15. The maximum Gasteiger partial charge on any atom is 0.416 e. The summed E-state index contributed by atoms with van der Waals surface area (Å²) in [4.78, 5) is 13.1. The Morgan fingerprint density at radius 3 is 2.56 bits per heavy atom. The lowest BCUT2D eigenvalue weighted by molar-refractivity contribution is -0.138. The van der Waals surface area contributed by atoms with Gasteiger partial charge in [-0.1, -0.05) is 18.2 Å². The van der Waals surface area contributed by atoms with E-state index in [2.05, 4.69) is 0 Å². The number of rotatable bonds is 1. The van der Waals surface area contributed by atoms with Crippen LogP contribution in [0.5, 0.6) is 0 Å². The highest BCUT2D eigenvalue weighted by molar-refractivity contribution is 5.86. The second-order valence-electron chi connectivity index (χ2n) is 4.39. The third-order valence-corrected chi connectivity index (χ3v) is 3.06. The molecule has 2 unspecified atom stereocenters. The largest absolute Gasteiger partial charge is 0.416 e. The van der Waals surface area contributed by atoms with Crippen LogP contribution in [0.25, 0.3) is 0 Å². The normalized spacial score (nSPS) is 24.7. The van der Waals surface area contributed by atoms with Gasteiger partial charge in [0.05, 0.1) is 17.6 Å². The number of hydrogen-bond donors (Lipinski definition) is 1. The zero-order valence-electron chi connectivity index (χ0n) is 9.61. The fraction of sp³-hybridized carbons (Fsp3) is 0.417. The number of carbonyl (C=O) groups is 1. The van der Waals surface area contributed by atoms with E-state index < -0.39 is 23.8 Å². The Kier molecular flexibility index (Phi) is 3.06.